The molecular formula is C15H23NO. The summed E-state index contributed by atoms with van der Waals surface area (Å²) in [5.74, 6) is 4.74. The van der Waals surface area contributed by atoms with E-state index < -0.39 is 0 Å². The van der Waals surface area contributed by atoms with E-state index in [-0.39, 0.29) is 0 Å². The molecule has 0 spiro atoms. The highest BCUT2D eigenvalue weighted by Gasteiger charge is 2.36. The third-order valence-electron chi connectivity index (χ3n) is 4.42. The summed E-state index contributed by atoms with van der Waals surface area (Å²) >= 11 is 0. The van der Waals surface area contributed by atoms with Crippen molar-refractivity contribution in [2.75, 3.05) is 0 Å². The minimum absolute atomic E-state index is 0.704. The van der Waals surface area contributed by atoms with Crippen LogP contribution < -0.4 is 5.32 Å². The molecule has 4 atom stereocenters. The van der Waals surface area contributed by atoms with Crippen molar-refractivity contribution in [3.63, 3.8) is 0 Å². The first-order valence-corrected chi connectivity index (χ1v) is 7.04. The lowest BCUT2D eigenvalue weighted by molar-refractivity contribution is 0.417. The predicted molar refractivity (Wildman–Crippen MR) is 68.9 cm³/mol. The van der Waals surface area contributed by atoms with Gasteiger partial charge in [0.05, 0.1) is 6.54 Å². The maximum absolute atomic E-state index is 5.90. The Hall–Kier alpha value is -0.760. The first-order valence-electron chi connectivity index (χ1n) is 7.04. The fraction of sp³-hybridized carbons (Fsp3) is 0.733. The van der Waals surface area contributed by atoms with Gasteiger partial charge in [0.1, 0.15) is 11.5 Å². The van der Waals surface area contributed by atoms with Gasteiger partial charge in [-0.2, -0.15) is 0 Å². The van der Waals surface area contributed by atoms with Crippen molar-refractivity contribution in [3.05, 3.63) is 23.7 Å². The van der Waals surface area contributed by atoms with Crippen LogP contribution in [-0.2, 0) is 6.54 Å². The van der Waals surface area contributed by atoms with Gasteiger partial charge in [0.15, 0.2) is 0 Å². The second kappa shape index (κ2) is 4.49. The summed E-state index contributed by atoms with van der Waals surface area (Å²) in [6, 6.07) is 5.02. The zero-order chi connectivity index (χ0) is 11.8. The van der Waals surface area contributed by atoms with Crippen molar-refractivity contribution < 1.29 is 4.42 Å². The molecule has 0 radical (unpaired) electrons. The molecule has 1 heterocycles. The molecule has 2 nitrogen and oxygen atoms in total. The molecule has 0 amide bonds. The van der Waals surface area contributed by atoms with Crippen LogP contribution in [0.4, 0.5) is 0 Å². The van der Waals surface area contributed by atoms with E-state index in [2.05, 4.69) is 31.3 Å². The molecule has 1 aromatic heterocycles. The van der Waals surface area contributed by atoms with Gasteiger partial charge < -0.3 is 9.73 Å². The van der Waals surface area contributed by atoms with Gasteiger partial charge in [-0.1, -0.05) is 13.8 Å². The van der Waals surface area contributed by atoms with Gasteiger partial charge in [-0.25, -0.2) is 0 Å². The number of rotatable bonds is 4. The van der Waals surface area contributed by atoms with E-state index in [0.717, 1.165) is 24.1 Å². The van der Waals surface area contributed by atoms with Crippen molar-refractivity contribution in [1.29, 1.82) is 0 Å². The Morgan fingerprint density at radius 2 is 2.06 bits per heavy atom. The van der Waals surface area contributed by atoms with Crippen molar-refractivity contribution in [2.24, 2.45) is 11.8 Å². The molecule has 0 aromatic carbocycles. The Labute approximate surface area is 104 Å². The molecule has 0 saturated heterocycles. The summed E-state index contributed by atoms with van der Waals surface area (Å²) in [6.07, 6.45) is 5.34. The fourth-order valence-corrected chi connectivity index (χ4v) is 3.04. The maximum atomic E-state index is 5.90. The highest BCUT2D eigenvalue weighted by atomic mass is 16.3. The third-order valence-corrected chi connectivity index (χ3v) is 4.42. The van der Waals surface area contributed by atoms with Gasteiger partial charge >= 0.3 is 0 Å². The summed E-state index contributed by atoms with van der Waals surface area (Å²) in [4.78, 5) is 0. The van der Waals surface area contributed by atoms with Crippen LogP contribution >= 0.6 is 0 Å². The highest BCUT2D eigenvalue weighted by molar-refractivity contribution is 5.17. The van der Waals surface area contributed by atoms with Crippen LogP contribution in [0.1, 0.15) is 57.0 Å². The second-order valence-corrected chi connectivity index (χ2v) is 6.12. The van der Waals surface area contributed by atoms with Crippen LogP contribution in [0.5, 0.6) is 0 Å². The lowest BCUT2D eigenvalue weighted by Gasteiger charge is -2.10. The summed E-state index contributed by atoms with van der Waals surface area (Å²) in [7, 11) is 0. The van der Waals surface area contributed by atoms with Crippen LogP contribution in [-0.4, -0.2) is 6.04 Å². The van der Waals surface area contributed by atoms with E-state index in [1.54, 1.807) is 0 Å². The van der Waals surface area contributed by atoms with Crippen molar-refractivity contribution in [1.82, 2.24) is 5.32 Å². The summed E-state index contributed by atoms with van der Waals surface area (Å²) < 4.78 is 5.90. The first kappa shape index (κ1) is 11.3. The topological polar surface area (TPSA) is 25.2 Å². The third kappa shape index (κ3) is 2.57. The standard InChI is InChI=1S/C15H23NO/c1-10-3-4-12(7-10)16-9-13-5-6-15(17-13)14-8-11(14)2/h5-6,10-12,14,16H,3-4,7-9H2,1-2H3. The molecule has 2 saturated carbocycles. The van der Waals surface area contributed by atoms with Crippen LogP contribution in [0, 0.1) is 11.8 Å². The van der Waals surface area contributed by atoms with Crippen molar-refractivity contribution in [2.45, 2.75) is 58.0 Å². The fourth-order valence-electron chi connectivity index (χ4n) is 3.04. The van der Waals surface area contributed by atoms with Gasteiger partial charge in [-0.15, -0.1) is 0 Å². The lowest BCUT2D eigenvalue weighted by Crippen LogP contribution is -2.25. The van der Waals surface area contributed by atoms with E-state index in [1.165, 1.54) is 31.4 Å². The van der Waals surface area contributed by atoms with Crippen molar-refractivity contribution in [3.8, 4) is 0 Å². The largest absolute Gasteiger partial charge is 0.464 e. The quantitative estimate of drug-likeness (QED) is 0.858. The summed E-state index contributed by atoms with van der Waals surface area (Å²) in [5, 5.41) is 3.62. The monoisotopic (exact) mass is 233 g/mol. The normalized spacial score (nSPS) is 36.4. The van der Waals surface area contributed by atoms with Gasteiger partial charge in [-0.05, 0) is 49.7 Å². The molecule has 2 fully saturated rings. The number of furan rings is 1. The second-order valence-electron chi connectivity index (χ2n) is 6.12. The zero-order valence-electron chi connectivity index (χ0n) is 10.9. The SMILES string of the molecule is CC1CCC(NCc2ccc(C3CC3C)o2)C1. The van der Waals surface area contributed by atoms with E-state index >= 15 is 0 Å². The smallest absolute Gasteiger partial charge is 0.117 e. The minimum atomic E-state index is 0.704. The molecule has 1 aromatic rings. The molecule has 4 unspecified atom stereocenters. The van der Waals surface area contributed by atoms with Crippen LogP contribution in [0.25, 0.3) is 0 Å². The van der Waals surface area contributed by atoms with Gasteiger partial charge in [0.2, 0.25) is 0 Å². The van der Waals surface area contributed by atoms with Crippen LogP contribution in [0.15, 0.2) is 16.5 Å². The van der Waals surface area contributed by atoms with E-state index in [4.69, 9.17) is 4.42 Å². The van der Waals surface area contributed by atoms with Gasteiger partial charge in [-0.3, -0.25) is 0 Å². The Morgan fingerprint density at radius 3 is 2.71 bits per heavy atom. The number of hydrogen-bond donors (Lipinski definition) is 1. The first-order chi connectivity index (χ1) is 8.22. The van der Waals surface area contributed by atoms with Crippen LogP contribution in [0.2, 0.25) is 0 Å². The maximum Gasteiger partial charge on any atom is 0.117 e. The summed E-state index contributed by atoms with van der Waals surface area (Å²) in [6.45, 7) is 5.55. The molecule has 0 aliphatic heterocycles. The predicted octanol–water partition coefficient (Wildman–Crippen LogP) is 3.68. The number of nitrogens with one attached hydrogen (secondary N) is 1. The van der Waals surface area contributed by atoms with Crippen LogP contribution in [0.3, 0.4) is 0 Å². The van der Waals surface area contributed by atoms with Gasteiger partial charge in [0, 0.05) is 12.0 Å². The molecule has 3 rings (SSSR count). The molecule has 2 heteroatoms. The zero-order valence-corrected chi connectivity index (χ0v) is 10.9. The molecule has 0 bridgehead atoms. The molecule has 94 valence electrons. The molecular weight excluding hydrogens is 210 g/mol. The Morgan fingerprint density at radius 1 is 1.24 bits per heavy atom. The summed E-state index contributed by atoms with van der Waals surface area (Å²) in [5.41, 5.74) is 0. The minimum Gasteiger partial charge on any atom is -0.464 e. The average Bonchev–Trinajstić information content (AvgIpc) is 2.76. The average molecular weight is 233 g/mol. The highest BCUT2D eigenvalue weighted by Crippen LogP contribution is 2.47. The Kier molecular flexibility index (Phi) is 2.99. The van der Waals surface area contributed by atoms with E-state index in [9.17, 15) is 0 Å². The number of hydrogen-bond acceptors (Lipinski definition) is 2. The Bertz CT molecular complexity index is 384. The van der Waals surface area contributed by atoms with Crippen molar-refractivity contribution >= 4 is 0 Å². The van der Waals surface area contributed by atoms with E-state index in [0.29, 0.717) is 12.0 Å². The molecule has 2 aliphatic carbocycles. The molecule has 1 N–H and O–H groups in total. The van der Waals surface area contributed by atoms with E-state index in [1.807, 2.05) is 0 Å². The molecule has 17 heavy (non-hydrogen) atoms. The molecule has 2 aliphatic rings. The van der Waals surface area contributed by atoms with Gasteiger partial charge in [0.25, 0.3) is 0 Å². The lowest BCUT2D eigenvalue weighted by atomic mass is 10.1. The Balaban J connectivity index is 1.50.